The number of likely N-dealkylation sites (tertiary alicyclic amines) is 1. The highest BCUT2D eigenvalue weighted by Crippen LogP contribution is 2.34. The molecule has 1 saturated heterocycles. The summed E-state index contributed by atoms with van der Waals surface area (Å²) in [6.07, 6.45) is 3.02. The van der Waals surface area contributed by atoms with Crippen molar-refractivity contribution in [1.82, 2.24) is 10.2 Å². The second kappa shape index (κ2) is 8.57. The highest BCUT2D eigenvalue weighted by atomic mass is 16.7. The molecule has 0 radical (unpaired) electrons. The molecule has 0 unspecified atom stereocenters. The van der Waals surface area contributed by atoms with Crippen LogP contribution in [0, 0.1) is 5.92 Å². The van der Waals surface area contributed by atoms with Gasteiger partial charge in [-0.25, -0.2) is 0 Å². The molecule has 1 atom stereocenters. The van der Waals surface area contributed by atoms with Crippen LogP contribution in [-0.4, -0.2) is 42.6 Å². The predicted molar refractivity (Wildman–Crippen MR) is 106 cm³/mol. The first kappa shape index (κ1) is 19.3. The largest absolute Gasteiger partial charge is 0.467 e. The van der Waals surface area contributed by atoms with Gasteiger partial charge < -0.3 is 24.5 Å². The van der Waals surface area contributed by atoms with E-state index < -0.39 is 0 Å². The molecule has 1 aromatic carbocycles. The normalized spacial score (nSPS) is 17.7. The summed E-state index contributed by atoms with van der Waals surface area (Å²) >= 11 is 0. The summed E-state index contributed by atoms with van der Waals surface area (Å²) in [6.45, 7) is 3.89. The van der Waals surface area contributed by atoms with E-state index in [9.17, 15) is 9.59 Å². The van der Waals surface area contributed by atoms with Crippen molar-refractivity contribution in [2.45, 2.75) is 32.4 Å². The molecule has 2 amide bonds. The molecule has 0 saturated carbocycles. The van der Waals surface area contributed by atoms with Gasteiger partial charge in [0.2, 0.25) is 18.6 Å². The summed E-state index contributed by atoms with van der Waals surface area (Å²) < 4.78 is 15.9. The van der Waals surface area contributed by atoms with Crippen molar-refractivity contribution in [2.75, 3.05) is 25.2 Å². The molecule has 0 aliphatic carbocycles. The Morgan fingerprint density at radius 2 is 1.97 bits per heavy atom. The summed E-state index contributed by atoms with van der Waals surface area (Å²) in [4.78, 5) is 27.1. The van der Waals surface area contributed by atoms with E-state index in [4.69, 9.17) is 13.9 Å². The Morgan fingerprint density at radius 1 is 1.17 bits per heavy atom. The Bertz CT molecular complexity index is 859. The molecule has 1 aromatic heterocycles. The Balaban J connectivity index is 1.24. The third-order valence-corrected chi connectivity index (χ3v) is 5.48. The Labute approximate surface area is 169 Å². The summed E-state index contributed by atoms with van der Waals surface area (Å²) in [5.41, 5.74) is 0.701. The number of rotatable bonds is 6. The summed E-state index contributed by atoms with van der Waals surface area (Å²) in [5.74, 6) is 1.95. The van der Waals surface area contributed by atoms with Crippen molar-refractivity contribution in [3.63, 3.8) is 0 Å². The second-order valence-corrected chi connectivity index (χ2v) is 7.34. The van der Waals surface area contributed by atoms with Crippen LogP contribution >= 0.6 is 0 Å². The SMILES string of the molecule is C[C@H](C(=O)NCc1ccco1)N1CCC(C(=O)Nc2ccc3c(c2)OCO3)CC1. The molecule has 4 rings (SSSR count). The smallest absolute Gasteiger partial charge is 0.237 e. The lowest BCUT2D eigenvalue weighted by molar-refractivity contribution is -0.127. The summed E-state index contributed by atoms with van der Waals surface area (Å²) in [7, 11) is 0. The van der Waals surface area contributed by atoms with Crippen molar-refractivity contribution in [1.29, 1.82) is 0 Å². The fourth-order valence-corrected chi connectivity index (χ4v) is 3.67. The zero-order valence-electron chi connectivity index (χ0n) is 16.3. The molecule has 2 aliphatic heterocycles. The number of anilines is 1. The number of nitrogens with zero attached hydrogens (tertiary/aromatic N) is 1. The Hall–Kier alpha value is -3.00. The number of nitrogens with one attached hydrogen (secondary N) is 2. The van der Waals surface area contributed by atoms with Crippen molar-refractivity contribution < 1.29 is 23.5 Å². The van der Waals surface area contributed by atoms with E-state index in [0.29, 0.717) is 49.7 Å². The molecule has 29 heavy (non-hydrogen) atoms. The minimum absolute atomic E-state index is 0.00145. The molecule has 3 heterocycles. The summed E-state index contributed by atoms with van der Waals surface area (Å²) in [6, 6.07) is 8.76. The first-order chi connectivity index (χ1) is 14.1. The quantitative estimate of drug-likeness (QED) is 0.775. The fourth-order valence-electron chi connectivity index (χ4n) is 3.67. The van der Waals surface area contributed by atoms with Gasteiger partial charge in [-0.05, 0) is 57.1 Å². The molecule has 0 bridgehead atoms. The standard InChI is InChI=1S/C21H25N3O5/c1-14(20(25)22-12-17-3-2-10-27-17)24-8-6-15(7-9-24)21(26)23-16-4-5-18-19(11-16)29-13-28-18/h2-5,10-11,14-15H,6-9,12-13H2,1H3,(H,22,25)(H,23,26)/t14-/m1/s1. The van der Waals surface area contributed by atoms with Gasteiger partial charge in [-0.15, -0.1) is 0 Å². The topological polar surface area (TPSA) is 93.0 Å². The number of benzene rings is 1. The number of piperidine rings is 1. The van der Waals surface area contributed by atoms with Gasteiger partial charge >= 0.3 is 0 Å². The second-order valence-electron chi connectivity index (χ2n) is 7.34. The number of fused-ring (bicyclic) bond motifs is 1. The number of carbonyl (C=O) groups is 2. The van der Waals surface area contributed by atoms with Gasteiger partial charge in [-0.3, -0.25) is 14.5 Å². The van der Waals surface area contributed by atoms with Gasteiger partial charge in [0.1, 0.15) is 5.76 Å². The van der Waals surface area contributed by atoms with Gasteiger partial charge in [0.05, 0.1) is 18.8 Å². The third-order valence-electron chi connectivity index (χ3n) is 5.48. The maximum atomic E-state index is 12.6. The molecular formula is C21H25N3O5. The van der Waals surface area contributed by atoms with Gasteiger partial charge in [-0.2, -0.15) is 0 Å². The number of amides is 2. The molecule has 0 spiro atoms. The van der Waals surface area contributed by atoms with E-state index in [0.717, 1.165) is 5.76 Å². The van der Waals surface area contributed by atoms with Crippen molar-refractivity contribution in [3.8, 4) is 11.5 Å². The molecule has 2 N–H and O–H groups in total. The Morgan fingerprint density at radius 3 is 2.72 bits per heavy atom. The molecule has 8 nitrogen and oxygen atoms in total. The van der Waals surface area contributed by atoms with Crippen LogP contribution in [0.3, 0.4) is 0 Å². The lowest BCUT2D eigenvalue weighted by Gasteiger charge is -2.34. The van der Waals surface area contributed by atoms with Gasteiger partial charge in [0.15, 0.2) is 11.5 Å². The Kier molecular flexibility index (Phi) is 5.71. The van der Waals surface area contributed by atoms with E-state index in [2.05, 4.69) is 15.5 Å². The minimum atomic E-state index is -0.247. The van der Waals surface area contributed by atoms with E-state index in [1.54, 1.807) is 24.5 Å². The maximum absolute atomic E-state index is 12.6. The number of hydrogen-bond donors (Lipinski definition) is 2. The van der Waals surface area contributed by atoms with Crippen LogP contribution in [0.1, 0.15) is 25.5 Å². The van der Waals surface area contributed by atoms with Crippen LogP contribution in [0.5, 0.6) is 11.5 Å². The van der Waals surface area contributed by atoms with Crippen molar-refractivity contribution >= 4 is 17.5 Å². The van der Waals surface area contributed by atoms with E-state index in [-0.39, 0.29) is 30.6 Å². The number of furan rings is 1. The predicted octanol–water partition coefficient (Wildman–Crippen LogP) is 2.36. The summed E-state index contributed by atoms with van der Waals surface area (Å²) in [5, 5.41) is 5.85. The molecule has 2 aliphatic rings. The zero-order chi connectivity index (χ0) is 20.2. The highest BCUT2D eigenvalue weighted by molar-refractivity contribution is 5.93. The maximum Gasteiger partial charge on any atom is 0.237 e. The molecule has 154 valence electrons. The van der Waals surface area contributed by atoms with E-state index in [1.807, 2.05) is 19.1 Å². The van der Waals surface area contributed by atoms with Gasteiger partial charge in [0.25, 0.3) is 0 Å². The zero-order valence-corrected chi connectivity index (χ0v) is 16.3. The van der Waals surface area contributed by atoms with Crippen molar-refractivity contribution in [3.05, 3.63) is 42.4 Å². The highest BCUT2D eigenvalue weighted by Gasteiger charge is 2.30. The van der Waals surface area contributed by atoms with Gasteiger partial charge in [0, 0.05) is 17.7 Å². The van der Waals surface area contributed by atoms with E-state index in [1.165, 1.54) is 0 Å². The van der Waals surface area contributed by atoms with Crippen LogP contribution in [0.15, 0.2) is 41.0 Å². The molecule has 2 aromatic rings. The molecule has 8 heteroatoms. The first-order valence-corrected chi connectivity index (χ1v) is 9.85. The lowest BCUT2D eigenvalue weighted by Crippen LogP contribution is -2.49. The average Bonchev–Trinajstić information content (AvgIpc) is 3.43. The third kappa shape index (κ3) is 4.54. The van der Waals surface area contributed by atoms with E-state index >= 15 is 0 Å². The van der Waals surface area contributed by atoms with Gasteiger partial charge in [-0.1, -0.05) is 0 Å². The lowest BCUT2D eigenvalue weighted by atomic mass is 9.94. The number of hydrogen-bond acceptors (Lipinski definition) is 6. The molecule has 1 fully saturated rings. The molecular weight excluding hydrogens is 374 g/mol. The monoisotopic (exact) mass is 399 g/mol. The number of carbonyl (C=O) groups excluding carboxylic acids is 2. The van der Waals surface area contributed by atoms with Crippen LogP contribution in [0.2, 0.25) is 0 Å². The number of ether oxygens (including phenoxy) is 2. The van der Waals surface area contributed by atoms with Crippen LogP contribution in [0.25, 0.3) is 0 Å². The van der Waals surface area contributed by atoms with Crippen LogP contribution in [0.4, 0.5) is 5.69 Å². The minimum Gasteiger partial charge on any atom is -0.467 e. The van der Waals surface area contributed by atoms with Crippen molar-refractivity contribution in [2.24, 2.45) is 5.92 Å². The fraction of sp³-hybridized carbons (Fsp3) is 0.429. The van der Waals surface area contributed by atoms with Crippen LogP contribution < -0.4 is 20.1 Å². The first-order valence-electron chi connectivity index (χ1n) is 9.85. The average molecular weight is 399 g/mol. The van der Waals surface area contributed by atoms with Crippen LogP contribution in [-0.2, 0) is 16.1 Å².